The van der Waals surface area contributed by atoms with Gasteiger partial charge >= 0.3 is 0 Å². The lowest BCUT2D eigenvalue weighted by atomic mass is 10.0. The molecule has 8 heteroatoms. The SMILES string of the molecule is CS(=O)(=O)c1ccc(C2CN(C(=O)c3ccc(F)c4ccncc34)CCO2)cc1. The predicted octanol–water partition coefficient (Wildman–Crippen LogP) is 2.99. The number of sulfone groups is 1. The second kappa shape index (κ2) is 7.53. The maximum atomic E-state index is 14.1. The first-order valence-corrected chi connectivity index (χ1v) is 11.0. The van der Waals surface area contributed by atoms with E-state index in [-0.39, 0.29) is 16.9 Å². The van der Waals surface area contributed by atoms with E-state index in [0.717, 1.165) is 11.8 Å². The Kier molecular flexibility index (Phi) is 5.06. The number of halogens is 1. The van der Waals surface area contributed by atoms with Gasteiger partial charge in [-0.2, -0.15) is 0 Å². The Labute approximate surface area is 167 Å². The number of carbonyl (C=O) groups excluding carboxylic acids is 1. The van der Waals surface area contributed by atoms with Crippen molar-refractivity contribution in [2.45, 2.75) is 11.0 Å². The number of amides is 1. The van der Waals surface area contributed by atoms with Gasteiger partial charge < -0.3 is 9.64 Å². The van der Waals surface area contributed by atoms with Crippen LogP contribution in [0.1, 0.15) is 22.0 Å². The second-order valence-electron chi connectivity index (χ2n) is 6.97. The lowest BCUT2D eigenvalue weighted by Gasteiger charge is -2.33. The molecule has 1 aromatic heterocycles. The minimum absolute atomic E-state index is 0.218. The Hall–Kier alpha value is -2.84. The van der Waals surface area contributed by atoms with Crippen LogP contribution in [-0.4, -0.2) is 50.2 Å². The van der Waals surface area contributed by atoms with Crippen LogP contribution in [-0.2, 0) is 14.6 Å². The summed E-state index contributed by atoms with van der Waals surface area (Å²) in [6.07, 6.45) is 3.77. The predicted molar refractivity (Wildman–Crippen MR) is 106 cm³/mol. The first-order chi connectivity index (χ1) is 13.8. The molecule has 0 N–H and O–H groups in total. The Bertz CT molecular complexity index is 1180. The third kappa shape index (κ3) is 3.86. The first-order valence-electron chi connectivity index (χ1n) is 9.08. The lowest BCUT2D eigenvalue weighted by Crippen LogP contribution is -2.42. The van der Waals surface area contributed by atoms with Crippen LogP contribution in [0.25, 0.3) is 10.8 Å². The van der Waals surface area contributed by atoms with Gasteiger partial charge in [0.1, 0.15) is 11.9 Å². The molecule has 0 saturated carbocycles. The number of nitrogens with zero attached hydrogens (tertiary/aromatic N) is 2. The summed E-state index contributed by atoms with van der Waals surface area (Å²) in [5.41, 5.74) is 1.18. The fourth-order valence-corrected chi connectivity index (χ4v) is 4.11. The number of benzene rings is 2. The molecule has 0 aliphatic carbocycles. The summed E-state index contributed by atoms with van der Waals surface area (Å²) in [5.74, 6) is -0.617. The molecule has 1 unspecified atom stereocenters. The Morgan fingerprint density at radius 1 is 1.14 bits per heavy atom. The zero-order valence-corrected chi connectivity index (χ0v) is 16.5. The summed E-state index contributed by atoms with van der Waals surface area (Å²) in [6.45, 7) is 1.08. The molecule has 6 nitrogen and oxygen atoms in total. The van der Waals surface area contributed by atoms with Crippen LogP contribution >= 0.6 is 0 Å². The van der Waals surface area contributed by atoms with E-state index in [1.807, 2.05) is 0 Å². The van der Waals surface area contributed by atoms with Crippen LogP contribution < -0.4 is 0 Å². The molecule has 1 atom stereocenters. The minimum Gasteiger partial charge on any atom is -0.370 e. The normalized spacial score (nSPS) is 17.4. The third-order valence-electron chi connectivity index (χ3n) is 5.03. The van der Waals surface area contributed by atoms with Crippen LogP contribution in [0.2, 0.25) is 0 Å². The van der Waals surface area contributed by atoms with Gasteiger partial charge in [0, 0.05) is 41.5 Å². The summed E-state index contributed by atoms with van der Waals surface area (Å²) in [6, 6.07) is 10.8. The maximum Gasteiger partial charge on any atom is 0.254 e. The molecule has 1 aliphatic rings. The number of rotatable bonds is 3. The number of pyridine rings is 1. The quantitative estimate of drug-likeness (QED) is 0.659. The summed E-state index contributed by atoms with van der Waals surface area (Å²) in [5, 5.41) is 0.824. The minimum atomic E-state index is -3.28. The smallest absolute Gasteiger partial charge is 0.254 e. The van der Waals surface area contributed by atoms with E-state index in [9.17, 15) is 17.6 Å². The van der Waals surface area contributed by atoms with Crippen LogP contribution in [0.4, 0.5) is 4.39 Å². The molecule has 2 heterocycles. The summed E-state index contributed by atoms with van der Waals surface area (Å²) in [4.78, 5) is 19.0. The average molecular weight is 414 g/mol. The third-order valence-corrected chi connectivity index (χ3v) is 6.16. The van der Waals surface area contributed by atoms with Crippen molar-refractivity contribution in [3.05, 3.63) is 71.8 Å². The number of ether oxygens (including phenoxy) is 1. The van der Waals surface area contributed by atoms with Crippen LogP contribution in [0.3, 0.4) is 0 Å². The standard InChI is InChI=1S/C21H19FN2O4S/c1-29(26,27)15-4-2-14(3-5-15)20-13-24(10-11-28-20)21(25)17-6-7-19(22)16-8-9-23-12-18(16)17/h2-9,12,20H,10-11,13H2,1H3. The average Bonchev–Trinajstić information content (AvgIpc) is 2.73. The molecule has 2 aromatic carbocycles. The molecule has 150 valence electrons. The number of morpholine rings is 1. The topological polar surface area (TPSA) is 76.6 Å². The van der Waals surface area contributed by atoms with Gasteiger partial charge in [-0.25, -0.2) is 12.8 Å². The number of hydrogen-bond donors (Lipinski definition) is 0. The summed E-state index contributed by atoms with van der Waals surface area (Å²) in [7, 11) is -3.28. The van der Waals surface area contributed by atoms with Crippen LogP contribution in [0.15, 0.2) is 59.8 Å². The highest BCUT2D eigenvalue weighted by molar-refractivity contribution is 7.90. The summed E-state index contributed by atoms with van der Waals surface area (Å²) >= 11 is 0. The summed E-state index contributed by atoms with van der Waals surface area (Å²) < 4.78 is 43.1. The molecule has 1 saturated heterocycles. The number of carbonyl (C=O) groups is 1. The van der Waals surface area contributed by atoms with E-state index in [2.05, 4.69) is 4.98 Å². The second-order valence-corrected chi connectivity index (χ2v) is 8.98. The van der Waals surface area contributed by atoms with E-state index in [1.54, 1.807) is 23.1 Å². The number of fused-ring (bicyclic) bond motifs is 1. The van der Waals surface area contributed by atoms with Gasteiger partial charge in [-0.1, -0.05) is 12.1 Å². The molecule has 29 heavy (non-hydrogen) atoms. The molecule has 1 amide bonds. The van der Waals surface area contributed by atoms with E-state index < -0.39 is 15.7 Å². The Morgan fingerprint density at radius 3 is 2.62 bits per heavy atom. The molecule has 3 aromatic rings. The highest BCUT2D eigenvalue weighted by Gasteiger charge is 2.27. The van der Waals surface area contributed by atoms with Crippen molar-refractivity contribution in [3.8, 4) is 0 Å². The molecule has 0 spiro atoms. The maximum absolute atomic E-state index is 14.1. The molecule has 4 rings (SSSR count). The Balaban J connectivity index is 1.59. The van der Waals surface area contributed by atoms with Gasteiger partial charge in [0.15, 0.2) is 9.84 Å². The zero-order valence-electron chi connectivity index (χ0n) is 15.7. The molecular weight excluding hydrogens is 395 g/mol. The number of aromatic nitrogens is 1. The fourth-order valence-electron chi connectivity index (χ4n) is 3.48. The molecule has 1 fully saturated rings. The molecule has 0 bridgehead atoms. The van der Waals surface area contributed by atoms with Crippen LogP contribution in [0.5, 0.6) is 0 Å². The van der Waals surface area contributed by atoms with Gasteiger partial charge in [0.25, 0.3) is 5.91 Å². The molecule has 1 aliphatic heterocycles. The molecule has 0 radical (unpaired) electrons. The van der Waals surface area contributed by atoms with Gasteiger partial charge in [0.2, 0.25) is 0 Å². The van der Waals surface area contributed by atoms with Crippen LogP contribution in [0, 0.1) is 5.82 Å². The lowest BCUT2D eigenvalue weighted by molar-refractivity contribution is -0.0227. The van der Waals surface area contributed by atoms with Crippen molar-refractivity contribution in [1.29, 1.82) is 0 Å². The highest BCUT2D eigenvalue weighted by atomic mass is 32.2. The van der Waals surface area contributed by atoms with Gasteiger partial charge in [-0.3, -0.25) is 9.78 Å². The highest BCUT2D eigenvalue weighted by Crippen LogP contribution is 2.27. The van der Waals surface area contributed by atoms with E-state index >= 15 is 0 Å². The van der Waals surface area contributed by atoms with Gasteiger partial charge in [-0.15, -0.1) is 0 Å². The Morgan fingerprint density at radius 2 is 1.90 bits per heavy atom. The molecular formula is C21H19FN2O4S. The monoisotopic (exact) mass is 414 g/mol. The first kappa shape index (κ1) is 19.5. The van der Waals surface area contributed by atoms with Crippen molar-refractivity contribution < 1.29 is 22.3 Å². The van der Waals surface area contributed by atoms with Crippen molar-refractivity contribution in [3.63, 3.8) is 0 Å². The van der Waals surface area contributed by atoms with Crippen molar-refractivity contribution in [1.82, 2.24) is 9.88 Å². The van der Waals surface area contributed by atoms with Gasteiger partial charge in [0.05, 0.1) is 18.0 Å². The van der Waals surface area contributed by atoms with Crippen molar-refractivity contribution in [2.24, 2.45) is 0 Å². The fraction of sp³-hybridized carbons (Fsp3) is 0.238. The zero-order chi connectivity index (χ0) is 20.6. The largest absolute Gasteiger partial charge is 0.370 e. The van der Waals surface area contributed by atoms with Crippen molar-refractivity contribution in [2.75, 3.05) is 26.0 Å². The van der Waals surface area contributed by atoms with E-state index in [1.165, 1.54) is 36.7 Å². The number of hydrogen-bond acceptors (Lipinski definition) is 5. The van der Waals surface area contributed by atoms with E-state index in [0.29, 0.717) is 36.0 Å². The van der Waals surface area contributed by atoms with Crippen molar-refractivity contribution >= 4 is 26.5 Å². The van der Waals surface area contributed by atoms with Gasteiger partial charge in [-0.05, 0) is 35.9 Å². The van der Waals surface area contributed by atoms with E-state index in [4.69, 9.17) is 4.74 Å².